The van der Waals surface area contributed by atoms with Gasteiger partial charge in [0.05, 0.1) is 17.8 Å². The summed E-state index contributed by atoms with van der Waals surface area (Å²) in [6, 6.07) is 0. The minimum atomic E-state index is -0.337. The van der Waals surface area contributed by atoms with Crippen molar-refractivity contribution in [3.63, 3.8) is 0 Å². The molecule has 118 valence electrons. The molecule has 0 aliphatic heterocycles. The van der Waals surface area contributed by atoms with Crippen LogP contribution in [0, 0.1) is 0 Å². The monoisotopic (exact) mass is 311 g/mol. The highest BCUT2D eigenvalue weighted by Gasteiger charge is 2.33. The summed E-state index contributed by atoms with van der Waals surface area (Å²) in [6.45, 7) is 8.28. The Kier molecular flexibility index (Phi) is 5.47. The first-order chi connectivity index (χ1) is 10.1. The zero-order valence-corrected chi connectivity index (χ0v) is 13.9. The SMILES string of the molecule is CCN(CC)CCNc1sc(C(=O)OC)c(N)c1C1CC1. The number of carbonyl (C=O) groups excluding carboxylic acids is 1. The molecule has 1 aliphatic rings. The number of nitrogens with one attached hydrogen (secondary N) is 1. The van der Waals surface area contributed by atoms with Gasteiger partial charge in [0.1, 0.15) is 4.88 Å². The van der Waals surface area contributed by atoms with Crippen LogP contribution in [-0.2, 0) is 4.74 Å². The van der Waals surface area contributed by atoms with Gasteiger partial charge in [0.2, 0.25) is 0 Å². The predicted octanol–water partition coefficient (Wildman–Crippen LogP) is 2.75. The molecule has 0 spiro atoms. The third-order valence-corrected chi connectivity index (χ3v) is 5.11. The summed E-state index contributed by atoms with van der Waals surface area (Å²) in [5.41, 5.74) is 7.90. The van der Waals surface area contributed by atoms with Gasteiger partial charge in [-0.2, -0.15) is 0 Å². The van der Waals surface area contributed by atoms with Crippen LogP contribution in [0.1, 0.15) is 47.8 Å². The number of carbonyl (C=O) groups is 1. The lowest BCUT2D eigenvalue weighted by molar-refractivity contribution is 0.0607. The molecule has 0 aromatic carbocycles. The lowest BCUT2D eigenvalue weighted by atomic mass is 10.1. The summed E-state index contributed by atoms with van der Waals surface area (Å²) >= 11 is 1.42. The summed E-state index contributed by atoms with van der Waals surface area (Å²) in [5, 5.41) is 4.51. The minimum Gasteiger partial charge on any atom is -0.465 e. The lowest BCUT2D eigenvalue weighted by Crippen LogP contribution is -2.28. The number of rotatable bonds is 8. The number of nitrogens with two attached hydrogens (primary N) is 1. The summed E-state index contributed by atoms with van der Waals surface area (Å²) in [5.74, 6) is 0.173. The van der Waals surface area contributed by atoms with E-state index in [1.807, 2.05) is 0 Å². The Bertz CT molecular complexity index is 493. The first-order valence-corrected chi connectivity index (χ1v) is 8.40. The number of hydrogen-bond donors (Lipinski definition) is 2. The third-order valence-electron chi connectivity index (χ3n) is 3.95. The van der Waals surface area contributed by atoms with Crippen molar-refractivity contribution in [1.29, 1.82) is 0 Å². The average Bonchev–Trinajstić information content (AvgIpc) is 3.27. The Morgan fingerprint density at radius 2 is 2.10 bits per heavy atom. The van der Waals surface area contributed by atoms with Crippen LogP contribution < -0.4 is 11.1 Å². The highest BCUT2D eigenvalue weighted by atomic mass is 32.1. The summed E-state index contributed by atoms with van der Waals surface area (Å²) in [6.07, 6.45) is 2.32. The fourth-order valence-electron chi connectivity index (χ4n) is 2.48. The van der Waals surface area contributed by atoms with Crippen LogP contribution in [-0.4, -0.2) is 44.2 Å². The Morgan fingerprint density at radius 1 is 1.43 bits per heavy atom. The van der Waals surface area contributed by atoms with Gasteiger partial charge in [-0.05, 0) is 31.8 Å². The molecule has 6 heteroatoms. The number of esters is 1. The molecule has 0 amide bonds. The van der Waals surface area contributed by atoms with Gasteiger partial charge in [-0.1, -0.05) is 13.8 Å². The maximum absolute atomic E-state index is 11.8. The van der Waals surface area contributed by atoms with E-state index >= 15 is 0 Å². The van der Waals surface area contributed by atoms with Gasteiger partial charge in [0.25, 0.3) is 0 Å². The number of ether oxygens (including phenoxy) is 1. The van der Waals surface area contributed by atoms with Crippen molar-refractivity contribution in [1.82, 2.24) is 4.90 Å². The van der Waals surface area contributed by atoms with Crippen molar-refractivity contribution in [2.75, 3.05) is 44.3 Å². The van der Waals surface area contributed by atoms with Crippen molar-refractivity contribution in [2.45, 2.75) is 32.6 Å². The van der Waals surface area contributed by atoms with Crippen LogP contribution in [0.5, 0.6) is 0 Å². The molecule has 1 heterocycles. The van der Waals surface area contributed by atoms with E-state index in [0.29, 0.717) is 16.5 Å². The largest absolute Gasteiger partial charge is 0.465 e. The second-order valence-electron chi connectivity index (χ2n) is 5.31. The number of thiophene rings is 1. The smallest absolute Gasteiger partial charge is 0.350 e. The molecule has 1 saturated carbocycles. The van der Waals surface area contributed by atoms with Gasteiger partial charge in [-0.25, -0.2) is 4.79 Å². The molecular weight excluding hydrogens is 286 g/mol. The van der Waals surface area contributed by atoms with E-state index in [4.69, 9.17) is 10.5 Å². The molecule has 1 aromatic rings. The van der Waals surface area contributed by atoms with Crippen LogP contribution in [0.2, 0.25) is 0 Å². The number of nitrogen functional groups attached to an aromatic ring is 1. The van der Waals surface area contributed by atoms with E-state index in [0.717, 1.165) is 49.6 Å². The topological polar surface area (TPSA) is 67.6 Å². The van der Waals surface area contributed by atoms with E-state index < -0.39 is 0 Å². The van der Waals surface area contributed by atoms with E-state index in [9.17, 15) is 4.79 Å². The van der Waals surface area contributed by atoms with E-state index in [1.165, 1.54) is 18.4 Å². The molecule has 0 radical (unpaired) electrons. The van der Waals surface area contributed by atoms with Crippen molar-refractivity contribution in [3.05, 3.63) is 10.4 Å². The standard InChI is InChI=1S/C15H25N3O2S/c1-4-18(5-2)9-8-17-14-11(10-6-7-10)12(16)13(21-14)15(19)20-3/h10,17H,4-9,16H2,1-3H3. The summed E-state index contributed by atoms with van der Waals surface area (Å²) in [4.78, 5) is 14.7. The number of nitrogens with zero attached hydrogens (tertiary/aromatic N) is 1. The maximum atomic E-state index is 11.8. The van der Waals surface area contributed by atoms with Gasteiger partial charge in [0.15, 0.2) is 0 Å². The van der Waals surface area contributed by atoms with Gasteiger partial charge >= 0.3 is 5.97 Å². The number of hydrogen-bond acceptors (Lipinski definition) is 6. The van der Waals surface area contributed by atoms with Gasteiger partial charge in [-0.3, -0.25) is 0 Å². The van der Waals surface area contributed by atoms with E-state index in [2.05, 4.69) is 24.1 Å². The molecule has 0 bridgehead atoms. The maximum Gasteiger partial charge on any atom is 0.350 e. The Balaban J connectivity index is 2.09. The average molecular weight is 311 g/mol. The zero-order chi connectivity index (χ0) is 15.4. The van der Waals surface area contributed by atoms with Crippen LogP contribution >= 0.6 is 11.3 Å². The van der Waals surface area contributed by atoms with Crippen LogP contribution in [0.4, 0.5) is 10.7 Å². The van der Waals surface area contributed by atoms with E-state index in [1.54, 1.807) is 0 Å². The Hall–Kier alpha value is -1.27. The van der Waals surface area contributed by atoms with Crippen molar-refractivity contribution >= 4 is 28.0 Å². The first-order valence-electron chi connectivity index (χ1n) is 7.59. The molecule has 3 N–H and O–H groups in total. The van der Waals surface area contributed by atoms with Gasteiger partial charge in [-0.15, -0.1) is 11.3 Å². The lowest BCUT2D eigenvalue weighted by Gasteiger charge is -2.18. The predicted molar refractivity (Wildman–Crippen MR) is 88.3 cm³/mol. The highest BCUT2D eigenvalue weighted by molar-refractivity contribution is 7.18. The summed E-state index contributed by atoms with van der Waals surface area (Å²) in [7, 11) is 1.39. The zero-order valence-electron chi connectivity index (χ0n) is 13.1. The molecule has 2 rings (SSSR count). The number of anilines is 2. The quantitative estimate of drug-likeness (QED) is 0.723. The van der Waals surface area contributed by atoms with Crippen LogP contribution in [0.15, 0.2) is 0 Å². The molecule has 0 saturated heterocycles. The van der Waals surface area contributed by atoms with Crippen molar-refractivity contribution in [2.24, 2.45) is 0 Å². The highest BCUT2D eigenvalue weighted by Crippen LogP contribution is 2.50. The second-order valence-corrected chi connectivity index (χ2v) is 6.33. The van der Waals surface area contributed by atoms with Gasteiger partial charge in [0, 0.05) is 18.7 Å². The molecule has 0 unspecified atom stereocenters. The Morgan fingerprint density at radius 3 is 2.62 bits per heavy atom. The minimum absolute atomic E-state index is 0.337. The van der Waals surface area contributed by atoms with Crippen LogP contribution in [0.3, 0.4) is 0 Å². The van der Waals surface area contributed by atoms with E-state index in [-0.39, 0.29) is 5.97 Å². The van der Waals surface area contributed by atoms with Crippen molar-refractivity contribution < 1.29 is 9.53 Å². The van der Waals surface area contributed by atoms with Crippen molar-refractivity contribution in [3.8, 4) is 0 Å². The first kappa shape index (κ1) is 16.1. The normalized spacial score (nSPS) is 14.5. The molecule has 1 fully saturated rings. The number of methoxy groups -OCH3 is 1. The van der Waals surface area contributed by atoms with Crippen LogP contribution in [0.25, 0.3) is 0 Å². The Labute approximate surface area is 130 Å². The number of likely N-dealkylation sites (N-methyl/N-ethyl adjacent to an activating group) is 1. The third kappa shape index (κ3) is 3.68. The molecule has 5 nitrogen and oxygen atoms in total. The fourth-order valence-corrected chi connectivity index (χ4v) is 3.63. The molecule has 1 aromatic heterocycles. The molecule has 0 atom stereocenters. The molecule has 1 aliphatic carbocycles. The molecular formula is C15H25N3O2S. The summed E-state index contributed by atoms with van der Waals surface area (Å²) < 4.78 is 4.82. The van der Waals surface area contributed by atoms with Gasteiger partial charge < -0.3 is 20.7 Å². The fraction of sp³-hybridized carbons (Fsp3) is 0.667. The second kappa shape index (κ2) is 7.13. The molecule has 21 heavy (non-hydrogen) atoms.